The van der Waals surface area contributed by atoms with Crippen LogP contribution in [0.2, 0.25) is 0 Å². The van der Waals surface area contributed by atoms with E-state index in [1.165, 1.54) is 5.56 Å². The third-order valence-electron chi connectivity index (χ3n) is 4.36. The van der Waals surface area contributed by atoms with Crippen LogP contribution in [0.1, 0.15) is 18.2 Å². The van der Waals surface area contributed by atoms with Crippen LogP contribution in [0.3, 0.4) is 0 Å². The molecule has 2 heterocycles. The summed E-state index contributed by atoms with van der Waals surface area (Å²) in [5.74, 6) is 0.856. The van der Waals surface area contributed by atoms with Gasteiger partial charge in [0.25, 0.3) is 0 Å². The van der Waals surface area contributed by atoms with Crippen molar-refractivity contribution in [2.45, 2.75) is 19.8 Å². The standard InChI is InChI=1S/C18H23N3O3/c1-3-24-12-17(22)21-10-8-13-15(9-11-21)19-20-18(13)14-6-4-5-7-16(14)23-2/h4-7H,3,8-12H2,1-2H3,(H,19,20). The van der Waals surface area contributed by atoms with Gasteiger partial charge in [0.15, 0.2) is 0 Å². The minimum absolute atomic E-state index is 0.0498. The van der Waals surface area contributed by atoms with E-state index in [0.717, 1.165) is 35.5 Å². The summed E-state index contributed by atoms with van der Waals surface area (Å²) in [6.45, 7) is 3.97. The van der Waals surface area contributed by atoms with E-state index < -0.39 is 0 Å². The first-order valence-corrected chi connectivity index (χ1v) is 8.29. The molecule has 0 saturated heterocycles. The molecule has 2 aromatic rings. The van der Waals surface area contributed by atoms with Crippen molar-refractivity contribution >= 4 is 5.91 Å². The Kier molecular flexibility index (Phi) is 5.15. The van der Waals surface area contributed by atoms with E-state index in [0.29, 0.717) is 19.7 Å². The van der Waals surface area contributed by atoms with Gasteiger partial charge in [-0.25, -0.2) is 0 Å². The molecule has 0 unspecified atom stereocenters. The molecule has 0 fully saturated rings. The Morgan fingerprint density at radius 1 is 1.29 bits per heavy atom. The smallest absolute Gasteiger partial charge is 0.248 e. The summed E-state index contributed by atoms with van der Waals surface area (Å²) in [6.07, 6.45) is 1.55. The highest BCUT2D eigenvalue weighted by molar-refractivity contribution is 5.78. The molecule has 1 N–H and O–H groups in total. The van der Waals surface area contributed by atoms with Crippen molar-refractivity contribution in [1.82, 2.24) is 15.1 Å². The normalized spacial score (nSPS) is 14.2. The summed E-state index contributed by atoms with van der Waals surface area (Å²) in [4.78, 5) is 14.1. The molecule has 0 spiro atoms. The maximum Gasteiger partial charge on any atom is 0.248 e. The minimum Gasteiger partial charge on any atom is -0.496 e. The van der Waals surface area contributed by atoms with Gasteiger partial charge >= 0.3 is 0 Å². The maximum absolute atomic E-state index is 12.2. The van der Waals surface area contributed by atoms with Gasteiger partial charge in [0.05, 0.1) is 12.8 Å². The summed E-state index contributed by atoms with van der Waals surface area (Å²) >= 11 is 0. The number of nitrogens with one attached hydrogen (secondary N) is 1. The largest absolute Gasteiger partial charge is 0.496 e. The lowest BCUT2D eigenvalue weighted by atomic mass is 10.0. The second-order valence-electron chi connectivity index (χ2n) is 5.75. The van der Waals surface area contributed by atoms with Crippen molar-refractivity contribution in [3.63, 3.8) is 0 Å². The number of hydrogen-bond acceptors (Lipinski definition) is 4. The number of methoxy groups -OCH3 is 1. The maximum atomic E-state index is 12.2. The van der Waals surface area contributed by atoms with Gasteiger partial charge < -0.3 is 14.4 Å². The lowest BCUT2D eigenvalue weighted by molar-refractivity contribution is -0.135. The first-order valence-electron chi connectivity index (χ1n) is 8.29. The fourth-order valence-corrected chi connectivity index (χ4v) is 3.08. The quantitative estimate of drug-likeness (QED) is 0.912. The highest BCUT2D eigenvalue weighted by Gasteiger charge is 2.23. The second kappa shape index (κ2) is 7.49. The van der Waals surface area contributed by atoms with Crippen molar-refractivity contribution in [3.05, 3.63) is 35.5 Å². The third kappa shape index (κ3) is 3.28. The van der Waals surface area contributed by atoms with E-state index in [9.17, 15) is 4.79 Å². The molecule has 0 aliphatic carbocycles. The van der Waals surface area contributed by atoms with Crippen LogP contribution >= 0.6 is 0 Å². The van der Waals surface area contributed by atoms with E-state index in [1.54, 1.807) is 7.11 Å². The van der Waals surface area contributed by atoms with Crippen molar-refractivity contribution in [3.8, 4) is 17.0 Å². The van der Waals surface area contributed by atoms with Crippen molar-refractivity contribution in [2.24, 2.45) is 0 Å². The average molecular weight is 329 g/mol. The monoisotopic (exact) mass is 329 g/mol. The fraction of sp³-hybridized carbons (Fsp3) is 0.444. The van der Waals surface area contributed by atoms with Crippen molar-refractivity contribution in [2.75, 3.05) is 33.4 Å². The number of para-hydroxylation sites is 1. The predicted octanol–water partition coefficient (Wildman–Crippen LogP) is 2.05. The van der Waals surface area contributed by atoms with E-state index in [4.69, 9.17) is 9.47 Å². The highest BCUT2D eigenvalue weighted by atomic mass is 16.5. The number of rotatable bonds is 5. The van der Waals surface area contributed by atoms with Gasteiger partial charge in [0.2, 0.25) is 5.91 Å². The van der Waals surface area contributed by atoms with E-state index in [-0.39, 0.29) is 12.5 Å². The number of ether oxygens (including phenoxy) is 2. The van der Waals surface area contributed by atoms with Crippen LogP contribution in [0.4, 0.5) is 0 Å². The highest BCUT2D eigenvalue weighted by Crippen LogP contribution is 2.33. The number of amides is 1. The van der Waals surface area contributed by atoms with E-state index in [2.05, 4.69) is 10.2 Å². The molecule has 0 bridgehead atoms. The second-order valence-corrected chi connectivity index (χ2v) is 5.75. The number of carbonyl (C=O) groups excluding carboxylic acids is 1. The molecular formula is C18H23N3O3. The van der Waals surface area contributed by atoms with Gasteiger partial charge in [-0.15, -0.1) is 0 Å². The molecular weight excluding hydrogens is 306 g/mol. The molecule has 6 heteroatoms. The summed E-state index contributed by atoms with van der Waals surface area (Å²) < 4.78 is 10.7. The van der Waals surface area contributed by atoms with Gasteiger partial charge in [-0.05, 0) is 25.5 Å². The van der Waals surface area contributed by atoms with Crippen LogP contribution in [0, 0.1) is 0 Å². The summed E-state index contributed by atoms with van der Waals surface area (Å²) in [5, 5.41) is 7.65. The number of nitrogens with zero attached hydrogens (tertiary/aromatic N) is 2. The molecule has 1 aromatic carbocycles. The summed E-state index contributed by atoms with van der Waals surface area (Å²) in [7, 11) is 1.66. The molecule has 24 heavy (non-hydrogen) atoms. The number of aromatic nitrogens is 2. The number of carbonyl (C=O) groups is 1. The van der Waals surface area contributed by atoms with Gasteiger partial charge in [-0.2, -0.15) is 5.10 Å². The van der Waals surface area contributed by atoms with Crippen LogP contribution in [0.5, 0.6) is 5.75 Å². The van der Waals surface area contributed by atoms with Crippen LogP contribution in [0.25, 0.3) is 11.3 Å². The van der Waals surface area contributed by atoms with Crippen molar-refractivity contribution < 1.29 is 14.3 Å². The Balaban J connectivity index is 1.81. The van der Waals surface area contributed by atoms with Crippen LogP contribution in [-0.2, 0) is 22.4 Å². The Bertz CT molecular complexity index is 711. The molecule has 1 aliphatic rings. The first kappa shape index (κ1) is 16.5. The average Bonchev–Trinajstić information content (AvgIpc) is 2.90. The first-order chi connectivity index (χ1) is 11.7. The SMILES string of the molecule is CCOCC(=O)N1CCc2[nH]nc(-c3ccccc3OC)c2CC1. The zero-order chi connectivity index (χ0) is 16.9. The van der Waals surface area contributed by atoms with Gasteiger partial charge in [-0.3, -0.25) is 9.89 Å². The molecule has 0 radical (unpaired) electrons. The number of H-pyrrole nitrogens is 1. The zero-order valence-corrected chi connectivity index (χ0v) is 14.2. The van der Waals surface area contributed by atoms with Gasteiger partial charge in [-0.1, -0.05) is 12.1 Å². The Labute approximate surface area is 141 Å². The molecule has 1 aromatic heterocycles. The number of benzene rings is 1. The van der Waals surface area contributed by atoms with Crippen LogP contribution in [-0.4, -0.2) is 54.4 Å². The van der Waals surface area contributed by atoms with Crippen LogP contribution in [0.15, 0.2) is 24.3 Å². The number of aromatic amines is 1. The van der Waals surface area contributed by atoms with E-state index >= 15 is 0 Å². The Morgan fingerprint density at radius 3 is 2.88 bits per heavy atom. The van der Waals surface area contributed by atoms with Crippen molar-refractivity contribution in [1.29, 1.82) is 0 Å². The Morgan fingerprint density at radius 2 is 2.08 bits per heavy atom. The number of fused-ring (bicyclic) bond motifs is 1. The third-order valence-corrected chi connectivity index (χ3v) is 4.36. The van der Waals surface area contributed by atoms with E-state index in [1.807, 2.05) is 36.1 Å². The summed E-state index contributed by atoms with van der Waals surface area (Å²) in [6, 6.07) is 7.87. The lowest BCUT2D eigenvalue weighted by Gasteiger charge is -2.20. The molecule has 6 nitrogen and oxygen atoms in total. The van der Waals surface area contributed by atoms with Gasteiger partial charge in [0, 0.05) is 42.9 Å². The summed E-state index contributed by atoms with van der Waals surface area (Å²) in [5.41, 5.74) is 4.17. The molecule has 1 aliphatic heterocycles. The molecule has 3 rings (SSSR count). The molecule has 128 valence electrons. The Hall–Kier alpha value is -2.34. The molecule has 0 saturated carbocycles. The zero-order valence-electron chi connectivity index (χ0n) is 14.2. The predicted molar refractivity (Wildman–Crippen MR) is 91.1 cm³/mol. The molecule has 0 atom stereocenters. The fourth-order valence-electron chi connectivity index (χ4n) is 3.08. The lowest BCUT2D eigenvalue weighted by Crippen LogP contribution is -2.36. The minimum atomic E-state index is 0.0498. The molecule has 1 amide bonds. The topological polar surface area (TPSA) is 67.5 Å². The van der Waals surface area contributed by atoms with Crippen LogP contribution < -0.4 is 4.74 Å². The van der Waals surface area contributed by atoms with Gasteiger partial charge in [0.1, 0.15) is 12.4 Å². The number of hydrogen-bond donors (Lipinski definition) is 1.